The zero-order valence-corrected chi connectivity index (χ0v) is 16.3. The molecule has 2 aliphatic heterocycles. The van der Waals surface area contributed by atoms with Crippen LogP contribution in [0.15, 0.2) is 54.9 Å². The largest absolute Gasteiger partial charge is 0.356 e. The first-order chi connectivity index (χ1) is 14.7. The third kappa shape index (κ3) is 2.63. The van der Waals surface area contributed by atoms with Crippen LogP contribution in [0.3, 0.4) is 0 Å². The van der Waals surface area contributed by atoms with Crippen molar-refractivity contribution in [3.8, 4) is 22.8 Å². The fraction of sp³-hybridized carbons (Fsp3) is 0.217. The number of H-pyrrole nitrogens is 1. The molecular weight excluding hydrogens is 376 g/mol. The number of carbonyl (C=O) groups excluding carboxylic acids is 1. The molecule has 1 atom stereocenters. The van der Waals surface area contributed by atoms with E-state index in [1.165, 1.54) is 0 Å². The summed E-state index contributed by atoms with van der Waals surface area (Å²) in [4.78, 5) is 29.8. The molecule has 1 saturated heterocycles. The number of para-hydroxylation sites is 1. The maximum absolute atomic E-state index is 12.5. The van der Waals surface area contributed by atoms with Crippen LogP contribution in [-0.4, -0.2) is 45.5 Å². The van der Waals surface area contributed by atoms with Gasteiger partial charge in [-0.05, 0) is 37.2 Å². The monoisotopic (exact) mass is 396 g/mol. The van der Waals surface area contributed by atoms with Crippen LogP contribution in [0.2, 0.25) is 0 Å². The number of hydrogen-bond donors (Lipinski definition) is 3. The number of benzene rings is 1. The molecule has 4 aromatic rings. The lowest BCUT2D eigenvalue weighted by Crippen LogP contribution is -2.48. The second-order valence-corrected chi connectivity index (χ2v) is 8.04. The lowest BCUT2D eigenvalue weighted by atomic mass is 9.79. The molecule has 1 amide bonds. The summed E-state index contributed by atoms with van der Waals surface area (Å²) in [5, 5.41) is 7.53. The average molecular weight is 396 g/mol. The Morgan fingerprint density at radius 3 is 2.87 bits per heavy atom. The van der Waals surface area contributed by atoms with Crippen LogP contribution in [0.4, 0.5) is 0 Å². The molecule has 30 heavy (non-hydrogen) atoms. The summed E-state index contributed by atoms with van der Waals surface area (Å²) in [5.41, 5.74) is 5.06. The van der Waals surface area contributed by atoms with Crippen molar-refractivity contribution < 1.29 is 4.79 Å². The molecule has 0 saturated carbocycles. The fourth-order valence-electron chi connectivity index (χ4n) is 4.57. The third-order valence-electron chi connectivity index (χ3n) is 6.20. The van der Waals surface area contributed by atoms with Crippen LogP contribution in [-0.2, 0) is 5.41 Å². The summed E-state index contributed by atoms with van der Waals surface area (Å²) >= 11 is 0. The number of pyridine rings is 1. The van der Waals surface area contributed by atoms with Gasteiger partial charge in [0.15, 0.2) is 5.82 Å². The minimum Gasteiger partial charge on any atom is -0.356 e. The number of hydrogen-bond acceptors (Lipinski definition) is 5. The van der Waals surface area contributed by atoms with E-state index in [4.69, 9.17) is 4.98 Å². The predicted octanol–water partition coefficient (Wildman–Crippen LogP) is 2.66. The van der Waals surface area contributed by atoms with E-state index >= 15 is 0 Å². The van der Waals surface area contributed by atoms with E-state index in [-0.39, 0.29) is 11.3 Å². The molecule has 3 N–H and O–H groups in total. The van der Waals surface area contributed by atoms with Crippen molar-refractivity contribution in [3.63, 3.8) is 0 Å². The summed E-state index contributed by atoms with van der Waals surface area (Å²) in [6, 6.07) is 13.8. The lowest BCUT2D eigenvalue weighted by molar-refractivity contribution is 0.0926. The normalized spacial score (nSPS) is 20.5. The Balaban J connectivity index is 1.43. The van der Waals surface area contributed by atoms with Crippen molar-refractivity contribution in [1.82, 2.24) is 30.6 Å². The average Bonchev–Trinajstić information content (AvgIpc) is 3.45. The van der Waals surface area contributed by atoms with Crippen LogP contribution in [0.1, 0.15) is 22.5 Å². The quantitative estimate of drug-likeness (QED) is 0.484. The van der Waals surface area contributed by atoms with Crippen molar-refractivity contribution >= 4 is 16.8 Å². The van der Waals surface area contributed by atoms with Crippen molar-refractivity contribution in [2.75, 3.05) is 19.6 Å². The standard InChI is InChI=1S/C23H20N6O/c30-22-16-10-19(28-20(16)23(13-27-22)6-8-24-12-23)18-5-7-25-21(29-18)15-9-14-3-1-2-4-17(14)26-11-15/h1-5,7,9-11,24,28H,6,8,12-13H2,(H,27,30). The number of rotatable bonds is 2. The second kappa shape index (κ2) is 6.47. The summed E-state index contributed by atoms with van der Waals surface area (Å²) in [7, 11) is 0. The fourth-order valence-corrected chi connectivity index (χ4v) is 4.57. The van der Waals surface area contributed by atoms with E-state index < -0.39 is 0 Å². The number of aromatic nitrogens is 4. The van der Waals surface area contributed by atoms with E-state index in [1.807, 2.05) is 42.5 Å². The lowest BCUT2D eigenvalue weighted by Gasteiger charge is -2.32. The molecule has 6 rings (SSSR count). The Labute approximate surface area is 173 Å². The zero-order valence-electron chi connectivity index (χ0n) is 16.3. The maximum Gasteiger partial charge on any atom is 0.253 e. The minimum atomic E-state index is -0.0698. The molecule has 7 heteroatoms. The van der Waals surface area contributed by atoms with Crippen LogP contribution in [0, 0.1) is 0 Å². The highest BCUT2D eigenvalue weighted by atomic mass is 16.1. The maximum atomic E-state index is 12.5. The molecule has 0 aliphatic carbocycles. The highest BCUT2D eigenvalue weighted by molar-refractivity contribution is 5.98. The zero-order chi connectivity index (χ0) is 20.1. The van der Waals surface area contributed by atoms with Gasteiger partial charge in [-0.3, -0.25) is 9.78 Å². The number of aromatic amines is 1. The number of amides is 1. The first kappa shape index (κ1) is 17.3. The van der Waals surface area contributed by atoms with E-state index in [0.717, 1.165) is 53.1 Å². The van der Waals surface area contributed by atoms with Crippen molar-refractivity contribution in [3.05, 3.63) is 66.1 Å². The van der Waals surface area contributed by atoms with Gasteiger partial charge in [-0.1, -0.05) is 18.2 Å². The third-order valence-corrected chi connectivity index (χ3v) is 6.20. The van der Waals surface area contributed by atoms with Crippen LogP contribution in [0.5, 0.6) is 0 Å². The minimum absolute atomic E-state index is 0.0296. The van der Waals surface area contributed by atoms with Gasteiger partial charge >= 0.3 is 0 Å². The van der Waals surface area contributed by atoms with Crippen molar-refractivity contribution in [2.45, 2.75) is 11.8 Å². The van der Waals surface area contributed by atoms with Crippen LogP contribution >= 0.6 is 0 Å². The molecule has 3 aromatic heterocycles. The van der Waals surface area contributed by atoms with Crippen molar-refractivity contribution in [1.29, 1.82) is 0 Å². The van der Waals surface area contributed by atoms with Gasteiger partial charge in [-0.15, -0.1) is 0 Å². The Bertz CT molecular complexity index is 1290. The molecule has 1 unspecified atom stereocenters. The Kier molecular flexibility index (Phi) is 3.73. The van der Waals surface area contributed by atoms with Crippen LogP contribution < -0.4 is 10.6 Å². The molecule has 148 valence electrons. The Hall–Kier alpha value is -3.58. The van der Waals surface area contributed by atoms with Gasteiger partial charge in [0.1, 0.15) is 0 Å². The van der Waals surface area contributed by atoms with Crippen LogP contribution in [0.25, 0.3) is 33.7 Å². The number of carbonyl (C=O) groups is 1. The first-order valence-electron chi connectivity index (χ1n) is 10.1. The second-order valence-electron chi connectivity index (χ2n) is 8.04. The summed E-state index contributed by atoms with van der Waals surface area (Å²) in [6.45, 7) is 2.47. The van der Waals surface area contributed by atoms with Crippen molar-refractivity contribution in [2.24, 2.45) is 0 Å². The molecule has 1 fully saturated rings. The summed E-state index contributed by atoms with van der Waals surface area (Å²) < 4.78 is 0. The predicted molar refractivity (Wildman–Crippen MR) is 114 cm³/mol. The van der Waals surface area contributed by atoms with Gasteiger partial charge in [0.2, 0.25) is 0 Å². The van der Waals surface area contributed by atoms with Gasteiger partial charge in [0.05, 0.1) is 22.5 Å². The van der Waals surface area contributed by atoms with Gasteiger partial charge in [-0.25, -0.2) is 9.97 Å². The molecule has 0 radical (unpaired) electrons. The molecule has 1 spiro atoms. The Morgan fingerprint density at radius 2 is 1.97 bits per heavy atom. The SMILES string of the molecule is O=C1NCC2(CCNC2)c2[nH]c(-c3ccnc(-c4cnc5ccccc5c4)n3)cc21. The molecule has 1 aromatic carbocycles. The first-order valence-corrected chi connectivity index (χ1v) is 10.1. The molecule has 2 aliphatic rings. The Morgan fingerprint density at radius 1 is 1.03 bits per heavy atom. The number of fused-ring (bicyclic) bond motifs is 3. The smallest absolute Gasteiger partial charge is 0.253 e. The van der Waals surface area contributed by atoms with Gasteiger partial charge in [0.25, 0.3) is 5.91 Å². The number of nitrogens with zero attached hydrogens (tertiary/aromatic N) is 3. The molecule has 7 nitrogen and oxygen atoms in total. The van der Waals surface area contributed by atoms with E-state index in [9.17, 15) is 4.79 Å². The van der Waals surface area contributed by atoms with E-state index in [1.54, 1.807) is 12.4 Å². The van der Waals surface area contributed by atoms with Gasteiger partial charge in [0, 0.05) is 47.5 Å². The molecular formula is C23H20N6O. The summed E-state index contributed by atoms with van der Waals surface area (Å²) in [6.07, 6.45) is 4.55. The van der Waals surface area contributed by atoms with Gasteiger partial charge < -0.3 is 15.6 Å². The molecule has 5 heterocycles. The van der Waals surface area contributed by atoms with E-state index in [0.29, 0.717) is 17.9 Å². The van der Waals surface area contributed by atoms with Gasteiger partial charge in [-0.2, -0.15) is 0 Å². The highest BCUT2D eigenvalue weighted by Gasteiger charge is 2.43. The number of nitrogens with one attached hydrogen (secondary N) is 3. The van der Waals surface area contributed by atoms with E-state index in [2.05, 4.69) is 25.6 Å². The summed E-state index contributed by atoms with van der Waals surface area (Å²) in [5.74, 6) is 0.582. The highest BCUT2D eigenvalue weighted by Crippen LogP contribution is 2.37. The molecule has 0 bridgehead atoms. The topological polar surface area (TPSA) is 95.6 Å².